The van der Waals surface area contributed by atoms with Crippen molar-refractivity contribution in [2.45, 2.75) is 122 Å². The molecule has 0 saturated heterocycles. The fourth-order valence-electron chi connectivity index (χ4n) is 3.92. The maximum absolute atomic E-state index is 12.1. The lowest BCUT2D eigenvalue weighted by Crippen LogP contribution is -2.45. The minimum Gasteiger partial charge on any atom is -0.550 e. The number of quaternary nitrogens is 1. The Labute approximate surface area is 203 Å². The van der Waals surface area contributed by atoms with E-state index in [1.54, 1.807) is 0 Å². The molecule has 2 atom stereocenters. The molecule has 2 unspecified atom stereocenters. The first-order valence-corrected chi connectivity index (χ1v) is 13.2. The van der Waals surface area contributed by atoms with Crippen molar-refractivity contribution in [2.75, 3.05) is 27.7 Å². The lowest BCUT2D eigenvalue weighted by molar-refractivity contribution is -0.873. The molecule has 0 heterocycles. The highest BCUT2D eigenvalue weighted by molar-refractivity contribution is 5.71. The zero-order valence-corrected chi connectivity index (χ0v) is 21.9. The number of aliphatic hydroxyl groups is 1. The van der Waals surface area contributed by atoms with Crippen LogP contribution in [0, 0.1) is 0 Å². The standard InChI is InChI=1S/C27H51NO5/c1-5-6-7-8-9-10-11-12-13-14-15-16-17-18-19-20-24(29)21-27(32)33-25(22-26(30)31)23-28(2,3)4/h10-11,24-25,29H,5-9,12-23H2,1-4H3/b11-10+. The van der Waals surface area contributed by atoms with Crippen LogP contribution in [-0.2, 0) is 14.3 Å². The Hall–Kier alpha value is -1.40. The highest BCUT2D eigenvalue weighted by Crippen LogP contribution is 2.14. The van der Waals surface area contributed by atoms with E-state index < -0.39 is 24.1 Å². The minimum atomic E-state index is -1.24. The van der Waals surface area contributed by atoms with Crippen LogP contribution in [0.15, 0.2) is 12.2 Å². The van der Waals surface area contributed by atoms with Gasteiger partial charge in [-0.3, -0.25) is 4.79 Å². The third kappa shape index (κ3) is 23.6. The normalized spacial score (nSPS) is 13.8. The first-order chi connectivity index (χ1) is 15.6. The molecule has 0 radical (unpaired) electrons. The number of allylic oxidation sites excluding steroid dienone is 2. The molecule has 6 nitrogen and oxygen atoms in total. The number of ether oxygens (including phenoxy) is 1. The second-order valence-corrected chi connectivity index (χ2v) is 10.4. The van der Waals surface area contributed by atoms with Crippen LogP contribution >= 0.6 is 0 Å². The van der Waals surface area contributed by atoms with Gasteiger partial charge >= 0.3 is 5.97 Å². The molecule has 0 spiro atoms. The Morgan fingerprint density at radius 1 is 0.848 bits per heavy atom. The highest BCUT2D eigenvalue weighted by Gasteiger charge is 2.23. The molecule has 6 heteroatoms. The number of esters is 1. The van der Waals surface area contributed by atoms with Crippen LogP contribution in [0.1, 0.15) is 110 Å². The SMILES string of the molecule is CCCCCC/C=C/CCCCCCCCCC(O)CC(=O)OC(CC(=O)[O-])C[N+](C)(C)C. The summed E-state index contributed by atoms with van der Waals surface area (Å²) in [6, 6.07) is 0. The molecular weight excluding hydrogens is 418 g/mol. The predicted molar refractivity (Wildman–Crippen MR) is 132 cm³/mol. The van der Waals surface area contributed by atoms with Crippen LogP contribution in [0.3, 0.4) is 0 Å². The molecule has 0 aromatic rings. The molecule has 0 aliphatic rings. The summed E-state index contributed by atoms with van der Waals surface area (Å²) in [6.07, 6.45) is 19.2. The van der Waals surface area contributed by atoms with E-state index in [-0.39, 0.29) is 12.8 Å². The van der Waals surface area contributed by atoms with E-state index in [2.05, 4.69) is 19.1 Å². The predicted octanol–water partition coefficient (Wildman–Crippen LogP) is 4.53. The molecule has 0 aromatic heterocycles. The van der Waals surface area contributed by atoms with Crippen LogP contribution in [0.4, 0.5) is 0 Å². The van der Waals surface area contributed by atoms with Crippen molar-refractivity contribution >= 4 is 11.9 Å². The molecule has 0 saturated carbocycles. The smallest absolute Gasteiger partial charge is 0.308 e. The Bertz CT molecular complexity index is 527. The van der Waals surface area contributed by atoms with Gasteiger partial charge < -0.3 is 24.2 Å². The third-order valence-electron chi connectivity index (χ3n) is 5.65. The Morgan fingerprint density at radius 3 is 1.88 bits per heavy atom. The number of aliphatic hydroxyl groups excluding tert-OH is 1. The average Bonchev–Trinajstić information content (AvgIpc) is 2.68. The number of nitrogens with zero attached hydrogens (tertiary/aromatic N) is 1. The van der Waals surface area contributed by atoms with Gasteiger partial charge in [0.1, 0.15) is 6.54 Å². The molecule has 0 aliphatic carbocycles. The topological polar surface area (TPSA) is 86.7 Å². The monoisotopic (exact) mass is 469 g/mol. The number of carbonyl (C=O) groups excluding carboxylic acids is 2. The second kappa shape index (κ2) is 20.0. The maximum Gasteiger partial charge on any atom is 0.308 e. The van der Waals surface area contributed by atoms with Crippen molar-refractivity contribution in [3.05, 3.63) is 12.2 Å². The zero-order chi connectivity index (χ0) is 25.0. The minimum absolute atomic E-state index is 0.0905. The molecule has 1 N–H and O–H groups in total. The third-order valence-corrected chi connectivity index (χ3v) is 5.65. The Kier molecular flexibility index (Phi) is 19.2. The molecule has 0 aromatic carbocycles. The Balaban J connectivity index is 3.72. The van der Waals surface area contributed by atoms with Crippen LogP contribution in [-0.4, -0.2) is 61.4 Å². The molecule has 0 bridgehead atoms. The van der Waals surface area contributed by atoms with Crippen LogP contribution in [0.5, 0.6) is 0 Å². The number of carboxylic acids is 1. The summed E-state index contributed by atoms with van der Waals surface area (Å²) in [7, 11) is 5.70. The lowest BCUT2D eigenvalue weighted by atomic mass is 10.0. The highest BCUT2D eigenvalue weighted by atomic mass is 16.5. The molecule has 0 aliphatic heterocycles. The number of likely N-dealkylation sites (N-methyl/N-ethyl adjacent to an activating group) is 1. The number of aliphatic carboxylic acids is 1. The first-order valence-electron chi connectivity index (χ1n) is 13.2. The molecule has 33 heavy (non-hydrogen) atoms. The van der Waals surface area contributed by atoms with Crippen molar-refractivity contribution in [1.82, 2.24) is 0 Å². The number of rotatable bonds is 22. The van der Waals surface area contributed by atoms with E-state index in [4.69, 9.17) is 4.74 Å². The molecule has 0 rings (SSSR count). The van der Waals surface area contributed by atoms with Gasteiger partial charge in [0, 0.05) is 12.4 Å². The van der Waals surface area contributed by atoms with Crippen molar-refractivity contribution < 1.29 is 29.0 Å². The summed E-state index contributed by atoms with van der Waals surface area (Å²) >= 11 is 0. The van der Waals surface area contributed by atoms with Gasteiger partial charge in [-0.25, -0.2) is 0 Å². The van der Waals surface area contributed by atoms with E-state index in [1.807, 2.05) is 21.1 Å². The average molecular weight is 470 g/mol. The van der Waals surface area contributed by atoms with Gasteiger partial charge in [-0.1, -0.05) is 76.9 Å². The second-order valence-electron chi connectivity index (χ2n) is 10.4. The summed E-state index contributed by atoms with van der Waals surface area (Å²) in [4.78, 5) is 23.0. The van der Waals surface area contributed by atoms with Crippen LogP contribution < -0.4 is 5.11 Å². The van der Waals surface area contributed by atoms with Gasteiger partial charge in [0.05, 0.1) is 33.7 Å². The summed E-state index contributed by atoms with van der Waals surface area (Å²) in [5.41, 5.74) is 0. The maximum atomic E-state index is 12.1. The quantitative estimate of drug-likeness (QED) is 0.109. The fraction of sp³-hybridized carbons (Fsp3) is 0.852. The number of unbranched alkanes of at least 4 members (excludes halogenated alkanes) is 11. The first kappa shape index (κ1) is 31.6. The number of hydrogen-bond acceptors (Lipinski definition) is 5. The lowest BCUT2D eigenvalue weighted by Gasteiger charge is -2.29. The van der Waals surface area contributed by atoms with E-state index in [1.165, 1.54) is 64.2 Å². The summed E-state index contributed by atoms with van der Waals surface area (Å²) in [6.45, 7) is 2.62. The van der Waals surface area contributed by atoms with Gasteiger partial charge in [0.15, 0.2) is 6.10 Å². The van der Waals surface area contributed by atoms with Crippen molar-refractivity contribution in [2.24, 2.45) is 0 Å². The summed E-state index contributed by atoms with van der Waals surface area (Å²) in [5, 5.41) is 21.0. The number of hydrogen-bond donors (Lipinski definition) is 1. The molecular formula is C27H51NO5. The van der Waals surface area contributed by atoms with E-state index in [0.717, 1.165) is 19.3 Å². The fourth-order valence-corrected chi connectivity index (χ4v) is 3.92. The molecule has 0 amide bonds. The summed E-state index contributed by atoms with van der Waals surface area (Å²) in [5.74, 6) is -1.78. The van der Waals surface area contributed by atoms with Gasteiger partial charge in [0.25, 0.3) is 0 Å². The number of carboxylic acid groups (broad SMARTS) is 1. The largest absolute Gasteiger partial charge is 0.550 e. The van der Waals surface area contributed by atoms with E-state index in [9.17, 15) is 19.8 Å². The van der Waals surface area contributed by atoms with Gasteiger partial charge in [0.2, 0.25) is 0 Å². The van der Waals surface area contributed by atoms with Crippen molar-refractivity contribution in [1.29, 1.82) is 0 Å². The molecule has 0 fully saturated rings. The van der Waals surface area contributed by atoms with Crippen LogP contribution in [0.25, 0.3) is 0 Å². The van der Waals surface area contributed by atoms with Gasteiger partial charge in [-0.15, -0.1) is 0 Å². The van der Waals surface area contributed by atoms with E-state index >= 15 is 0 Å². The van der Waals surface area contributed by atoms with Crippen molar-refractivity contribution in [3.8, 4) is 0 Å². The number of carbonyl (C=O) groups is 2. The van der Waals surface area contributed by atoms with Gasteiger partial charge in [-0.05, 0) is 32.1 Å². The zero-order valence-electron chi connectivity index (χ0n) is 21.9. The van der Waals surface area contributed by atoms with Crippen LogP contribution in [0.2, 0.25) is 0 Å². The van der Waals surface area contributed by atoms with Crippen molar-refractivity contribution in [3.63, 3.8) is 0 Å². The van der Waals surface area contributed by atoms with Gasteiger partial charge in [-0.2, -0.15) is 0 Å². The molecule has 194 valence electrons. The Morgan fingerprint density at radius 2 is 1.36 bits per heavy atom. The van der Waals surface area contributed by atoms with E-state index in [0.29, 0.717) is 17.4 Å². The summed E-state index contributed by atoms with van der Waals surface area (Å²) < 4.78 is 5.77.